The Bertz CT molecular complexity index is 323. The van der Waals surface area contributed by atoms with Crippen LogP contribution in [0, 0.1) is 0 Å². The average Bonchev–Trinajstić information content (AvgIpc) is 2.56. The van der Waals surface area contributed by atoms with Gasteiger partial charge in [0.2, 0.25) is 5.91 Å². The lowest BCUT2D eigenvalue weighted by molar-refractivity contribution is -0.141. The minimum Gasteiger partial charge on any atom is -0.480 e. The SMILES string of the molecule is CC(NC(=O)Cc1cscn1)C(=O)O. The van der Waals surface area contributed by atoms with E-state index in [1.807, 2.05) is 0 Å². The van der Waals surface area contributed by atoms with Gasteiger partial charge in [-0.25, -0.2) is 4.98 Å². The highest BCUT2D eigenvalue weighted by molar-refractivity contribution is 7.07. The van der Waals surface area contributed by atoms with Gasteiger partial charge in [0.25, 0.3) is 0 Å². The largest absolute Gasteiger partial charge is 0.480 e. The van der Waals surface area contributed by atoms with E-state index in [4.69, 9.17) is 5.11 Å². The number of carbonyl (C=O) groups is 2. The number of carboxylic acids is 1. The van der Waals surface area contributed by atoms with Gasteiger partial charge in [0.05, 0.1) is 17.6 Å². The van der Waals surface area contributed by atoms with Crippen LogP contribution in [0.5, 0.6) is 0 Å². The molecule has 1 heterocycles. The number of hydrogen-bond donors (Lipinski definition) is 2. The number of carboxylic acid groups (broad SMARTS) is 1. The van der Waals surface area contributed by atoms with Crippen molar-refractivity contribution in [2.24, 2.45) is 0 Å². The third-order valence-electron chi connectivity index (χ3n) is 1.57. The van der Waals surface area contributed by atoms with E-state index in [1.165, 1.54) is 18.3 Å². The molecule has 0 spiro atoms. The molecule has 5 nitrogen and oxygen atoms in total. The molecule has 6 heteroatoms. The van der Waals surface area contributed by atoms with Gasteiger partial charge in [-0.3, -0.25) is 9.59 Å². The maximum Gasteiger partial charge on any atom is 0.325 e. The predicted molar refractivity (Wildman–Crippen MR) is 51.1 cm³/mol. The summed E-state index contributed by atoms with van der Waals surface area (Å²) in [6, 6.07) is -0.860. The first-order chi connectivity index (χ1) is 6.59. The maximum atomic E-state index is 11.2. The van der Waals surface area contributed by atoms with Gasteiger partial charge in [0.15, 0.2) is 0 Å². The van der Waals surface area contributed by atoms with Crippen molar-refractivity contribution in [2.75, 3.05) is 0 Å². The summed E-state index contributed by atoms with van der Waals surface area (Å²) in [5.41, 5.74) is 2.29. The summed E-state index contributed by atoms with van der Waals surface area (Å²) < 4.78 is 0. The third kappa shape index (κ3) is 3.14. The fourth-order valence-corrected chi connectivity index (χ4v) is 1.40. The Balaban J connectivity index is 2.40. The lowest BCUT2D eigenvalue weighted by Gasteiger charge is -2.07. The van der Waals surface area contributed by atoms with Crippen LogP contribution >= 0.6 is 11.3 Å². The topological polar surface area (TPSA) is 79.3 Å². The molecule has 0 saturated carbocycles. The molecule has 0 bridgehead atoms. The molecule has 0 aromatic carbocycles. The van der Waals surface area contributed by atoms with Crippen molar-refractivity contribution in [3.63, 3.8) is 0 Å². The Morgan fingerprint density at radius 3 is 2.93 bits per heavy atom. The third-order valence-corrected chi connectivity index (χ3v) is 2.21. The molecule has 0 aliphatic carbocycles. The monoisotopic (exact) mass is 214 g/mol. The molecule has 1 aromatic rings. The molecule has 1 atom stereocenters. The quantitative estimate of drug-likeness (QED) is 0.754. The first-order valence-electron chi connectivity index (χ1n) is 3.99. The van der Waals surface area contributed by atoms with E-state index in [0.29, 0.717) is 5.69 Å². The van der Waals surface area contributed by atoms with E-state index in [0.717, 1.165) is 0 Å². The van der Waals surface area contributed by atoms with Crippen molar-refractivity contribution >= 4 is 23.2 Å². The van der Waals surface area contributed by atoms with E-state index in [9.17, 15) is 9.59 Å². The summed E-state index contributed by atoms with van der Waals surface area (Å²) in [4.78, 5) is 25.5. The van der Waals surface area contributed by atoms with Crippen LogP contribution < -0.4 is 5.32 Å². The highest BCUT2D eigenvalue weighted by Crippen LogP contribution is 2.01. The molecule has 0 radical (unpaired) electrons. The highest BCUT2D eigenvalue weighted by Gasteiger charge is 2.14. The molecule has 1 rings (SSSR count). The molecule has 2 N–H and O–H groups in total. The summed E-state index contributed by atoms with van der Waals surface area (Å²) >= 11 is 1.40. The molecule has 0 fully saturated rings. The molecule has 0 saturated heterocycles. The van der Waals surface area contributed by atoms with Crippen LogP contribution in [0.1, 0.15) is 12.6 Å². The molecule has 0 aliphatic rings. The summed E-state index contributed by atoms with van der Waals surface area (Å²) in [5, 5.41) is 12.6. The second-order valence-electron chi connectivity index (χ2n) is 2.78. The zero-order chi connectivity index (χ0) is 10.6. The molecule has 76 valence electrons. The Labute approximate surface area is 84.8 Å². The Kier molecular flexibility index (Phi) is 3.58. The molecule has 1 aromatic heterocycles. The van der Waals surface area contributed by atoms with Crippen molar-refractivity contribution in [3.8, 4) is 0 Å². The van der Waals surface area contributed by atoms with Gasteiger partial charge >= 0.3 is 5.97 Å². The maximum absolute atomic E-state index is 11.2. The second-order valence-corrected chi connectivity index (χ2v) is 3.50. The van der Waals surface area contributed by atoms with Crippen molar-refractivity contribution in [2.45, 2.75) is 19.4 Å². The van der Waals surface area contributed by atoms with E-state index in [2.05, 4.69) is 10.3 Å². The predicted octanol–water partition coefficient (Wildman–Crippen LogP) is 0.275. The van der Waals surface area contributed by atoms with Crippen molar-refractivity contribution in [1.29, 1.82) is 0 Å². The average molecular weight is 214 g/mol. The molecule has 14 heavy (non-hydrogen) atoms. The Morgan fingerprint density at radius 1 is 1.71 bits per heavy atom. The highest BCUT2D eigenvalue weighted by atomic mass is 32.1. The number of hydrogen-bond acceptors (Lipinski definition) is 4. The normalized spacial score (nSPS) is 12.1. The number of rotatable bonds is 4. The molecule has 1 unspecified atom stereocenters. The fourth-order valence-electron chi connectivity index (χ4n) is 0.844. The van der Waals surface area contributed by atoms with Gasteiger partial charge in [-0.15, -0.1) is 11.3 Å². The number of thiazole rings is 1. The van der Waals surface area contributed by atoms with Gasteiger partial charge in [-0.2, -0.15) is 0 Å². The van der Waals surface area contributed by atoms with E-state index in [-0.39, 0.29) is 12.3 Å². The zero-order valence-corrected chi connectivity index (χ0v) is 8.37. The molecular formula is C8H10N2O3S. The number of aliphatic carboxylic acids is 1. The minimum atomic E-state index is -1.04. The first kappa shape index (κ1) is 10.6. The van der Waals surface area contributed by atoms with Crippen LogP contribution in [0.15, 0.2) is 10.9 Å². The summed E-state index contributed by atoms with van der Waals surface area (Å²) in [5.74, 6) is -1.37. The molecular weight excluding hydrogens is 204 g/mol. The standard InChI is InChI=1S/C8H10N2O3S/c1-5(8(12)13)10-7(11)2-6-3-14-4-9-6/h3-5H,2H2,1H3,(H,10,11)(H,12,13). The van der Waals surface area contributed by atoms with Gasteiger partial charge in [-0.1, -0.05) is 0 Å². The number of aromatic nitrogens is 1. The van der Waals surface area contributed by atoms with E-state index in [1.54, 1.807) is 10.9 Å². The van der Waals surface area contributed by atoms with Crippen LogP contribution in [0.3, 0.4) is 0 Å². The van der Waals surface area contributed by atoms with Gasteiger partial charge in [-0.05, 0) is 6.92 Å². The lowest BCUT2D eigenvalue weighted by Crippen LogP contribution is -2.39. The molecule has 1 amide bonds. The zero-order valence-electron chi connectivity index (χ0n) is 7.56. The second kappa shape index (κ2) is 4.71. The number of carbonyl (C=O) groups excluding carboxylic acids is 1. The first-order valence-corrected chi connectivity index (χ1v) is 4.93. The Hall–Kier alpha value is -1.43. The van der Waals surface area contributed by atoms with Gasteiger partial charge in [0, 0.05) is 5.38 Å². The van der Waals surface area contributed by atoms with Crippen molar-refractivity contribution in [1.82, 2.24) is 10.3 Å². The molecule has 0 aliphatic heterocycles. The van der Waals surface area contributed by atoms with E-state index >= 15 is 0 Å². The van der Waals surface area contributed by atoms with Crippen LogP contribution in [0.2, 0.25) is 0 Å². The van der Waals surface area contributed by atoms with Gasteiger partial charge in [0.1, 0.15) is 6.04 Å². The van der Waals surface area contributed by atoms with Crippen LogP contribution in [-0.2, 0) is 16.0 Å². The van der Waals surface area contributed by atoms with Crippen LogP contribution in [0.25, 0.3) is 0 Å². The number of amides is 1. The Morgan fingerprint density at radius 2 is 2.43 bits per heavy atom. The number of nitrogens with one attached hydrogen (secondary N) is 1. The van der Waals surface area contributed by atoms with Gasteiger partial charge < -0.3 is 10.4 Å². The summed E-state index contributed by atoms with van der Waals surface area (Å²) in [6.07, 6.45) is 0.126. The van der Waals surface area contributed by atoms with Crippen LogP contribution in [-0.4, -0.2) is 28.0 Å². The summed E-state index contributed by atoms with van der Waals surface area (Å²) in [6.45, 7) is 1.42. The lowest BCUT2D eigenvalue weighted by atomic mass is 10.3. The van der Waals surface area contributed by atoms with Crippen molar-refractivity contribution < 1.29 is 14.7 Å². The number of nitrogens with zero attached hydrogens (tertiary/aromatic N) is 1. The smallest absolute Gasteiger partial charge is 0.325 e. The van der Waals surface area contributed by atoms with Crippen LogP contribution in [0.4, 0.5) is 0 Å². The van der Waals surface area contributed by atoms with E-state index < -0.39 is 12.0 Å². The fraction of sp³-hybridized carbons (Fsp3) is 0.375. The summed E-state index contributed by atoms with van der Waals surface area (Å²) in [7, 11) is 0. The van der Waals surface area contributed by atoms with Crippen molar-refractivity contribution in [3.05, 3.63) is 16.6 Å². The minimum absolute atomic E-state index is 0.126.